The first kappa shape index (κ1) is 60.9. The van der Waals surface area contributed by atoms with E-state index in [1.165, 1.54) is 5.56 Å². The predicted molar refractivity (Wildman–Crippen MR) is 225 cm³/mol. The molecule has 0 saturated carbocycles. The Morgan fingerprint density at radius 1 is 0.378 bits per heavy atom. The van der Waals surface area contributed by atoms with Gasteiger partial charge in [0.2, 0.25) is 0 Å². The number of hydrogen-bond donors (Lipinski definition) is 0. The zero-order valence-electron chi connectivity index (χ0n) is 37.8. The predicted octanol–water partition coefficient (Wildman–Crippen LogP) is 14.2. The molecule has 2 nitrogen and oxygen atoms in total. The van der Waals surface area contributed by atoms with Gasteiger partial charge < -0.3 is 4.74 Å². The summed E-state index contributed by atoms with van der Waals surface area (Å²) in [5.41, 5.74) is -28.7. The highest BCUT2D eigenvalue weighted by atomic mass is 32.2. The van der Waals surface area contributed by atoms with Crippen LogP contribution in [0.4, 0.5) is 105 Å². The average Bonchev–Trinajstić information content (AvgIpc) is 3.21. The quantitative estimate of drug-likeness (QED) is 0.0703. The summed E-state index contributed by atoms with van der Waals surface area (Å²) in [6.07, 6.45) is -50.4. The van der Waals surface area contributed by atoms with Crippen LogP contribution in [0.5, 0.6) is 0 Å². The maximum absolute atomic E-state index is 14.2. The van der Waals surface area contributed by atoms with Gasteiger partial charge in [-0.05, 0) is 68.1 Å². The fraction of sp³-hybridized carbons (Fsp3) is 0.326. The van der Waals surface area contributed by atoms with E-state index in [2.05, 4.69) is 12.5 Å². The number of alkyl halides is 24. The van der Waals surface area contributed by atoms with Gasteiger partial charge in [0.15, 0.2) is 0 Å². The third kappa shape index (κ3) is 15.0. The van der Waals surface area contributed by atoms with Crippen LogP contribution in [0.2, 0.25) is 0 Å². The molecule has 5 aromatic carbocycles. The Kier molecular flexibility index (Phi) is 16.8. The third-order valence-electron chi connectivity index (χ3n) is 10.5. The molecule has 0 saturated heterocycles. The van der Waals surface area contributed by atoms with Gasteiger partial charge in [0.25, 0.3) is 0 Å². The molecule has 0 heterocycles. The van der Waals surface area contributed by atoms with Crippen LogP contribution >= 0.6 is 0 Å². The molecular weight excluding hydrogens is 1080 g/mol. The number of hydrogen-bond acceptors (Lipinski definition) is 2. The summed E-state index contributed by atoms with van der Waals surface area (Å²) < 4.78 is 346. The summed E-state index contributed by atoms with van der Waals surface area (Å²) in [7, 11) is 0.384. The van der Waals surface area contributed by atoms with Crippen molar-refractivity contribution in [2.45, 2.75) is 81.5 Å². The molecule has 0 fully saturated rings. The van der Waals surface area contributed by atoms with Crippen molar-refractivity contribution in [3.8, 4) is 0 Å². The first-order valence-corrected chi connectivity index (χ1v) is 22.5. The molecule has 74 heavy (non-hydrogen) atoms. The molecule has 0 spiro atoms. The largest absolute Gasteiger partial charge is 0.456 e. The molecule has 0 N–H and O–H groups in total. The minimum absolute atomic E-state index is 0.254. The monoisotopic (exact) mass is 1120 g/mol. The van der Waals surface area contributed by atoms with E-state index in [0.717, 1.165) is 5.75 Å². The lowest BCUT2D eigenvalue weighted by Gasteiger charge is -2.46. The van der Waals surface area contributed by atoms with Gasteiger partial charge >= 0.3 is 55.4 Å². The Morgan fingerprint density at radius 2 is 0.581 bits per heavy atom. The van der Waals surface area contributed by atoms with Crippen LogP contribution in [0.15, 0.2) is 97.1 Å². The van der Waals surface area contributed by atoms with E-state index in [9.17, 15) is 110 Å². The van der Waals surface area contributed by atoms with Crippen molar-refractivity contribution in [3.63, 3.8) is 0 Å². The fourth-order valence-corrected chi connectivity index (χ4v) is 8.34. The van der Waals surface area contributed by atoms with Crippen LogP contribution in [0.3, 0.4) is 0 Å². The number of carbonyl (C=O) groups excluding carboxylic acids is 1. The highest BCUT2D eigenvalue weighted by Crippen LogP contribution is 2.41. The number of halogens is 24. The van der Waals surface area contributed by atoms with Gasteiger partial charge in [-0.2, -0.15) is 127 Å². The molecule has 0 aromatic heterocycles. The van der Waals surface area contributed by atoms with E-state index in [1.807, 2.05) is 45.0 Å². The van der Waals surface area contributed by atoms with Crippen molar-refractivity contribution in [3.05, 3.63) is 153 Å². The third-order valence-corrected chi connectivity index (χ3v) is 11.4. The van der Waals surface area contributed by atoms with Crippen LogP contribution < -0.4 is 21.9 Å². The highest BCUT2D eigenvalue weighted by molar-refractivity contribution is 7.94. The van der Waals surface area contributed by atoms with Crippen molar-refractivity contribution < 1.29 is 115 Å². The summed E-state index contributed by atoms with van der Waals surface area (Å²) in [4.78, 5) is 11.8. The SMILES string of the molecule is C[S+](C)Cc1ccc(C(=O)OC(C)(C)C)cc1.FC(F)(F)c1cc([B-](c2cc(C(F)(F)F)cc(C(F)(F)F)c2)(c2cc(C(F)(F)F)cc(C(F)(F)F)c2)c2cc(C(F)(F)F)cc(C(F)(F)F)c2)cc(C(F)(F)F)c1. The van der Waals surface area contributed by atoms with Crippen LogP contribution in [0.1, 0.15) is 81.2 Å². The Balaban J connectivity index is 0.000000589. The second-order valence-electron chi connectivity index (χ2n) is 17.6. The number of esters is 1. The Labute approximate surface area is 406 Å². The van der Waals surface area contributed by atoms with Crippen molar-refractivity contribution in [1.29, 1.82) is 0 Å². The maximum atomic E-state index is 14.2. The molecule has 0 aliphatic carbocycles. The summed E-state index contributed by atoms with van der Waals surface area (Å²) in [6, 6.07) is -1.11. The maximum Gasteiger partial charge on any atom is 0.416 e. The highest BCUT2D eigenvalue weighted by Gasteiger charge is 2.47. The molecule has 0 unspecified atom stereocenters. The van der Waals surface area contributed by atoms with Crippen molar-refractivity contribution >= 4 is 44.9 Å². The molecule has 0 aliphatic heterocycles. The molecule has 0 aliphatic rings. The van der Waals surface area contributed by atoms with E-state index in [-0.39, 0.29) is 5.97 Å². The van der Waals surface area contributed by atoms with E-state index < -0.39 is 200 Å². The zero-order valence-corrected chi connectivity index (χ0v) is 38.6. The lowest BCUT2D eigenvalue weighted by atomic mass is 9.12. The van der Waals surface area contributed by atoms with Crippen molar-refractivity contribution in [1.82, 2.24) is 0 Å². The van der Waals surface area contributed by atoms with Crippen molar-refractivity contribution in [2.24, 2.45) is 0 Å². The number of ether oxygens (including phenoxy) is 1. The fourth-order valence-electron chi connectivity index (χ4n) is 7.48. The van der Waals surface area contributed by atoms with Gasteiger partial charge in [-0.25, -0.2) is 4.79 Å². The molecule has 0 bridgehead atoms. The minimum Gasteiger partial charge on any atom is -0.456 e. The number of rotatable bonds is 7. The van der Waals surface area contributed by atoms with E-state index in [0.29, 0.717) is 16.5 Å². The van der Waals surface area contributed by atoms with Gasteiger partial charge in [0.05, 0.1) is 62.6 Å². The van der Waals surface area contributed by atoms with Crippen LogP contribution in [0.25, 0.3) is 0 Å². The van der Waals surface area contributed by atoms with Gasteiger partial charge in [-0.15, -0.1) is 0 Å². The number of carbonyl (C=O) groups is 1. The molecule has 5 rings (SSSR count). The molecule has 0 radical (unpaired) electrons. The smallest absolute Gasteiger partial charge is 0.416 e. The summed E-state index contributed by atoms with van der Waals surface area (Å²) in [5, 5.41) is 0. The van der Waals surface area contributed by atoms with Gasteiger partial charge in [-0.1, -0.05) is 60.7 Å². The normalized spacial score (nSPS) is 13.7. The van der Waals surface area contributed by atoms with E-state index >= 15 is 0 Å². The van der Waals surface area contributed by atoms with E-state index in [1.54, 1.807) is 0 Å². The Hall–Kier alpha value is -5.70. The van der Waals surface area contributed by atoms with Gasteiger partial charge in [-0.3, -0.25) is 0 Å². The molecule has 0 amide bonds. The first-order chi connectivity index (χ1) is 33.0. The second-order valence-corrected chi connectivity index (χ2v) is 19.8. The number of benzene rings is 5. The van der Waals surface area contributed by atoms with Crippen LogP contribution in [0, 0.1) is 0 Å². The summed E-state index contributed by atoms with van der Waals surface area (Å²) >= 11 is 0. The second kappa shape index (κ2) is 20.4. The van der Waals surface area contributed by atoms with E-state index in [4.69, 9.17) is 4.74 Å². The molecule has 5 aromatic rings. The Bertz CT molecular complexity index is 2370. The summed E-state index contributed by atoms with van der Waals surface area (Å²) in [6.45, 7) is 5.62. The van der Waals surface area contributed by atoms with Gasteiger partial charge in [0, 0.05) is 5.56 Å². The van der Waals surface area contributed by atoms with Crippen LogP contribution in [-0.4, -0.2) is 30.2 Å². The van der Waals surface area contributed by atoms with Gasteiger partial charge in [0.1, 0.15) is 17.5 Å². The average molecular weight is 1120 g/mol. The van der Waals surface area contributed by atoms with Crippen molar-refractivity contribution in [2.75, 3.05) is 12.5 Å². The minimum atomic E-state index is -6.13. The molecule has 28 heteroatoms. The lowest BCUT2D eigenvalue weighted by Crippen LogP contribution is -2.75. The standard InChI is InChI=1S/C32H12BF24.C14H21O2S/c34-25(35,36)13-1-14(26(37,38)39)6-21(5-13)33(22-7-15(27(40,41)42)2-16(8-22)28(43,44)45,23-9-17(29(46,47)48)3-18(10-23)30(49,50)51)24-11-19(31(52,53)54)4-20(12-24)32(55,56)57;1-14(2,3)16-13(15)12-8-6-11(7-9-12)10-17(4)5/h1-12H;6-9H,10H2,1-5H3/q-1;+1. The molecule has 0 atom stereocenters. The van der Waals surface area contributed by atoms with Crippen LogP contribution in [-0.2, 0) is 70.8 Å². The molecule has 406 valence electrons. The topological polar surface area (TPSA) is 26.3 Å². The lowest BCUT2D eigenvalue weighted by molar-refractivity contribution is -0.144. The molecular formula is C46H33BF24O2S. The Morgan fingerprint density at radius 3 is 0.743 bits per heavy atom. The summed E-state index contributed by atoms with van der Waals surface area (Å²) in [5.74, 6) is 0.810. The zero-order chi connectivity index (χ0) is 57.0. The first-order valence-electron chi connectivity index (χ1n) is 20.3.